The van der Waals surface area contributed by atoms with Gasteiger partial charge in [0.1, 0.15) is 0 Å². The molecule has 0 aromatic heterocycles. The first-order valence-electron chi connectivity index (χ1n) is 7.69. The summed E-state index contributed by atoms with van der Waals surface area (Å²) in [5.41, 5.74) is 5.88. The third-order valence-electron chi connectivity index (χ3n) is 4.51. The molecule has 2 aromatic carbocycles. The molecule has 0 N–H and O–H groups in total. The third-order valence-corrected chi connectivity index (χ3v) is 7.10. The van der Waals surface area contributed by atoms with E-state index in [2.05, 4.69) is 67.6 Å². The molecule has 0 atom stereocenters. The normalized spacial score (nSPS) is 15.7. The van der Waals surface area contributed by atoms with Gasteiger partial charge in [0.05, 0.1) is 0 Å². The van der Waals surface area contributed by atoms with E-state index in [9.17, 15) is 0 Å². The molecule has 2 aliphatic rings. The molecule has 0 bridgehead atoms. The zero-order chi connectivity index (χ0) is 14.2. The highest BCUT2D eigenvalue weighted by Crippen LogP contribution is 2.58. The van der Waals surface area contributed by atoms with Gasteiger partial charge in [0, 0.05) is 0 Å². The lowest BCUT2D eigenvalue weighted by molar-refractivity contribution is 1.25. The van der Waals surface area contributed by atoms with Gasteiger partial charge in [0.25, 0.3) is 0 Å². The van der Waals surface area contributed by atoms with Crippen LogP contribution in [0.4, 0.5) is 0 Å². The smallest absolute Gasteiger partial charge is 0.00120 e. The van der Waals surface area contributed by atoms with Crippen LogP contribution in [-0.4, -0.2) is 6.16 Å². The van der Waals surface area contributed by atoms with Crippen molar-refractivity contribution in [3.05, 3.63) is 81.4 Å². The van der Waals surface area contributed by atoms with Gasteiger partial charge in [-0.15, -0.1) is 0 Å². The molecule has 0 fully saturated rings. The van der Waals surface area contributed by atoms with Gasteiger partial charge >= 0.3 is 0 Å². The van der Waals surface area contributed by atoms with E-state index in [0.717, 1.165) is 12.8 Å². The van der Waals surface area contributed by atoms with E-state index in [0.29, 0.717) is 0 Å². The van der Waals surface area contributed by atoms with E-state index in [4.69, 9.17) is 0 Å². The SMILES string of the molecule is CCP(C1=Cc2ccccc2C1)C1=Cc2ccccc2C1. The lowest BCUT2D eigenvalue weighted by Crippen LogP contribution is -1.91. The fourth-order valence-corrected chi connectivity index (χ4v) is 5.95. The maximum absolute atomic E-state index is 2.45. The molecule has 4 rings (SSSR count). The van der Waals surface area contributed by atoms with Gasteiger partial charge in [-0.25, -0.2) is 0 Å². The molecule has 21 heavy (non-hydrogen) atoms. The lowest BCUT2D eigenvalue weighted by atomic mass is 10.1. The van der Waals surface area contributed by atoms with Crippen LogP contribution in [0, 0.1) is 0 Å². The van der Waals surface area contributed by atoms with Crippen LogP contribution in [-0.2, 0) is 12.8 Å². The summed E-state index contributed by atoms with van der Waals surface area (Å²) in [7, 11) is -0.131. The predicted molar refractivity (Wildman–Crippen MR) is 93.7 cm³/mol. The average Bonchev–Trinajstić information content (AvgIpc) is 3.11. The maximum Gasteiger partial charge on any atom is -0.00120 e. The average molecular weight is 290 g/mol. The molecule has 0 saturated carbocycles. The summed E-state index contributed by atoms with van der Waals surface area (Å²) >= 11 is 0. The van der Waals surface area contributed by atoms with Crippen molar-refractivity contribution < 1.29 is 0 Å². The Labute approximate surface area is 128 Å². The van der Waals surface area contributed by atoms with Crippen molar-refractivity contribution >= 4 is 20.1 Å². The summed E-state index contributed by atoms with van der Waals surface area (Å²) in [5.74, 6) is 0. The summed E-state index contributed by atoms with van der Waals surface area (Å²) in [4.78, 5) is 0. The summed E-state index contributed by atoms with van der Waals surface area (Å²) in [5, 5.41) is 3.32. The van der Waals surface area contributed by atoms with E-state index < -0.39 is 0 Å². The first-order valence-corrected chi connectivity index (χ1v) is 9.22. The Kier molecular flexibility index (Phi) is 3.28. The topological polar surface area (TPSA) is 0 Å². The highest BCUT2D eigenvalue weighted by molar-refractivity contribution is 7.66. The number of hydrogen-bond acceptors (Lipinski definition) is 0. The van der Waals surface area contributed by atoms with Crippen molar-refractivity contribution in [2.45, 2.75) is 19.8 Å². The van der Waals surface area contributed by atoms with Gasteiger partial charge < -0.3 is 0 Å². The third kappa shape index (κ3) is 2.28. The van der Waals surface area contributed by atoms with Crippen LogP contribution in [0.25, 0.3) is 12.2 Å². The molecule has 0 aliphatic heterocycles. The minimum absolute atomic E-state index is 0.131. The summed E-state index contributed by atoms with van der Waals surface area (Å²) in [6.45, 7) is 2.35. The second kappa shape index (κ2) is 5.28. The molecular weight excluding hydrogens is 271 g/mol. The number of fused-ring (bicyclic) bond motifs is 2. The highest BCUT2D eigenvalue weighted by atomic mass is 31.1. The van der Waals surface area contributed by atoms with E-state index in [1.165, 1.54) is 28.4 Å². The Balaban J connectivity index is 1.64. The zero-order valence-electron chi connectivity index (χ0n) is 12.3. The van der Waals surface area contributed by atoms with Crippen molar-refractivity contribution in [2.75, 3.05) is 6.16 Å². The molecule has 0 heterocycles. The van der Waals surface area contributed by atoms with Crippen molar-refractivity contribution in [1.82, 2.24) is 0 Å². The Bertz CT molecular complexity index is 688. The fraction of sp³-hybridized carbons (Fsp3) is 0.200. The second-order valence-corrected chi connectivity index (χ2v) is 8.40. The standard InChI is InChI=1S/C20H19P/c1-2-21(19-11-15-7-3-4-8-16(15)12-19)20-13-17-9-5-6-10-18(17)14-20/h3-11,13H,2,12,14H2,1H3. The predicted octanol–water partition coefficient (Wildman–Crippen LogP) is 5.68. The highest BCUT2D eigenvalue weighted by Gasteiger charge is 2.25. The summed E-state index contributed by atoms with van der Waals surface area (Å²) < 4.78 is 0. The van der Waals surface area contributed by atoms with Crippen molar-refractivity contribution in [2.24, 2.45) is 0 Å². The van der Waals surface area contributed by atoms with Crippen molar-refractivity contribution in [3.63, 3.8) is 0 Å². The van der Waals surface area contributed by atoms with Crippen LogP contribution < -0.4 is 0 Å². The van der Waals surface area contributed by atoms with Gasteiger partial charge in [-0.05, 0) is 51.9 Å². The maximum atomic E-state index is 2.45. The molecule has 0 radical (unpaired) electrons. The number of benzene rings is 2. The quantitative estimate of drug-likeness (QED) is 0.638. The van der Waals surface area contributed by atoms with Gasteiger partial charge in [-0.3, -0.25) is 0 Å². The molecule has 0 nitrogen and oxygen atoms in total. The molecule has 2 aromatic rings. The number of rotatable bonds is 3. The first kappa shape index (κ1) is 13.0. The Morgan fingerprint density at radius 1 is 0.762 bits per heavy atom. The summed E-state index contributed by atoms with van der Waals surface area (Å²) in [6, 6.07) is 17.7. The van der Waals surface area contributed by atoms with Crippen LogP contribution in [0.2, 0.25) is 0 Å². The minimum atomic E-state index is -0.131. The largest absolute Gasteiger partial charge is 0.0619 e. The van der Waals surface area contributed by atoms with E-state index in [1.807, 2.05) is 0 Å². The molecule has 0 unspecified atom stereocenters. The minimum Gasteiger partial charge on any atom is -0.0619 e. The monoisotopic (exact) mass is 290 g/mol. The van der Waals surface area contributed by atoms with Crippen LogP contribution in [0.5, 0.6) is 0 Å². The molecular formula is C20H19P. The number of hydrogen-bond donors (Lipinski definition) is 0. The van der Waals surface area contributed by atoms with Crippen LogP contribution in [0.1, 0.15) is 29.2 Å². The van der Waals surface area contributed by atoms with Crippen molar-refractivity contribution in [3.8, 4) is 0 Å². The molecule has 0 saturated heterocycles. The van der Waals surface area contributed by atoms with E-state index in [-0.39, 0.29) is 7.92 Å². The Hall–Kier alpha value is -1.65. The zero-order valence-corrected chi connectivity index (χ0v) is 13.2. The van der Waals surface area contributed by atoms with Gasteiger partial charge in [-0.1, -0.05) is 75.5 Å². The molecule has 1 heteroatoms. The number of allylic oxidation sites excluding steroid dienone is 2. The molecule has 0 amide bonds. The first-order chi connectivity index (χ1) is 10.3. The molecule has 0 spiro atoms. The van der Waals surface area contributed by atoms with E-state index in [1.54, 1.807) is 10.6 Å². The lowest BCUT2D eigenvalue weighted by Gasteiger charge is -2.19. The van der Waals surface area contributed by atoms with E-state index >= 15 is 0 Å². The van der Waals surface area contributed by atoms with Crippen LogP contribution >= 0.6 is 7.92 Å². The van der Waals surface area contributed by atoms with Crippen molar-refractivity contribution in [1.29, 1.82) is 0 Å². The summed E-state index contributed by atoms with van der Waals surface area (Å²) in [6.07, 6.45) is 8.48. The van der Waals surface area contributed by atoms with Gasteiger partial charge in [0.2, 0.25) is 0 Å². The fourth-order valence-electron chi connectivity index (χ4n) is 3.46. The Morgan fingerprint density at radius 2 is 1.24 bits per heavy atom. The van der Waals surface area contributed by atoms with Gasteiger partial charge in [0.15, 0.2) is 0 Å². The van der Waals surface area contributed by atoms with Gasteiger partial charge in [-0.2, -0.15) is 0 Å². The second-order valence-electron chi connectivity index (χ2n) is 5.77. The molecule has 2 aliphatic carbocycles. The van der Waals surface area contributed by atoms with Crippen LogP contribution in [0.15, 0.2) is 59.2 Å². The molecule has 104 valence electrons. The Morgan fingerprint density at radius 3 is 1.67 bits per heavy atom. The van der Waals surface area contributed by atoms with Crippen LogP contribution in [0.3, 0.4) is 0 Å².